The van der Waals surface area contributed by atoms with Gasteiger partial charge in [0, 0.05) is 12.8 Å². The first-order chi connectivity index (χ1) is 29.4. The van der Waals surface area contributed by atoms with E-state index in [2.05, 4.69) is 50.3 Å². The van der Waals surface area contributed by atoms with Gasteiger partial charge < -0.3 is 39.9 Å². The van der Waals surface area contributed by atoms with E-state index in [9.17, 15) is 44.6 Å². The highest BCUT2D eigenvalue weighted by Crippen LogP contribution is 2.47. The highest BCUT2D eigenvalue weighted by molar-refractivity contribution is 7.47. The van der Waals surface area contributed by atoms with Gasteiger partial charge in [0.2, 0.25) is 0 Å². The second-order valence-electron chi connectivity index (χ2n) is 16.3. The van der Waals surface area contributed by atoms with E-state index in [1.807, 2.05) is 12.2 Å². The Morgan fingerprint density at radius 1 is 0.508 bits per heavy atom. The molecule has 1 fully saturated rings. The standard InChI is InChI=1S/C47H83O13P/c1-3-5-7-9-11-13-15-17-19-20-22-23-25-27-29-31-33-35-40(48)57-37-39(38-58-61(55,56)60-47-45(53)43(51)42(50)44(52)46(47)54)59-41(49)36-34-32-30-28-26-24-21-18-16-14-12-10-8-6-4-2/h11,13,17,19,22-23,27,29,39,42-47,50-54H,3-10,12,14-16,18,20-21,24-26,28,30-38H2,1-2H3,(H,55,56)/b13-11-,19-17-,23-22-,29-27-/t39-,42?,43-,44+,45-,46-,47?/m1/s1. The van der Waals surface area contributed by atoms with Gasteiger partial charge in [0.25, 0.3) is 0 Å². The molecule has 0 radical (unpaired) electrons. The number of hydrogen-bond donors (Lipinski definition) is 6. The molecule has 6 N–H and O–H groups in total. The zero-order valence-electron chi connectivity index (χ0n) is 37.4. The van der Waals surface area contributed by atoms with Crippen molar-refractivity contribution >= 4 is 19.8 Å². The minimum atomic E-state index is -5.13. The van der Waals surface area contributed by atoms with Crippen molar-refractivity contribution in [2.75, 3.05) is 13.2 Å². The lowest BCUT2D eigenvalue weighted by Gasteiger charge is -2.41. The van der Waals surface area contributed by atoms with E-state index in [4.69, 9.17) is 18.5 Å². The van der Waals surface area contributed by atoms with Gasteiger partial charge in [-0.2, -0.15) is 0 Å². The van der Waals surface area contributed by atoms with Crippen molar-refractivity contribution in [2.45, 2.75) is 224 Å². The predicted octanol–water partition coefficient (Wildman–Crippen LogP) is 9.17. The zero-order valence-corrected chi connectivity index (χ0v) is 38.3. The van der Waals surface area contributed by atoms with Crippen LogP contribution in [0.25, 0.3) is 0 Å². The molecule has 0 aromatic heterocycles. The number of phosphoric ester groups is 1. The fraction of sp³-hybridized carbons (Fsp3) is 0.787. The Hall–Kier alpha value is -2.19. The molecule has 1 rings (SSSR count). The van der Waals surface area contributed by atoms with Crippen LogP contribution >= 0.6 is 7.82 Å². The van der Waals surface area contributed by atoms with Crippen molar-refractivity contribution in [1.29, 1.82) is 0 Å². The van der Waals surface area contributed by atoms with Crippen LogP contribution in [0, 0.1) is 0 Å². The van der Waals surface area contributed by atoms with Gasteiger partial charge in [-0.05, 0) is 51.4 Å². The van der Waals surface area contributed by atoms with Gasteiger partial charge in [-0.1, -0.05) is 165 Å². The molecule has 0 aliphatic heterocycles. The molecule has 61 heavy (non-hydrogen) atoms. The Balaban J connectivity index is 2.49. The number of esters is 2. The Labute approximate surface area is 367 Å². The number of carbonyl (C=O) groups excluding carboxylic acids is 2. The van der Waals surface area contributed by atoms with E-state index in [1.165, 1.54) is 83.5 Å². The molecule has 8 atom stereocenters. The predicted molar refractivity (Wildman–Crippen MR) is 239 cm³/mol. The summed E-state index contributed by atoms with van der Waals surface area (Å²) in [6, 6.07) is 0. The van der Waals surface area contributed by atoms with Gasteiger partial charge in [0.15, 0.2) is 6.10 Å². The Kier molecular flexibility index (Phi) is 34.7. The number of hydrogen-bond acceptors (Lipinski definition) is 12. The molecule has 3 unspecified atom stereocenters. The quantitative estimate of drug-likeness (QED) is 0.0148. The third-order valence-electron chi connectivity index (χ3n) is 10.7. The minimum absolute atomic E-state index is 0.0869. The van der Waals surface area contributed by atoms with E-state index in [-0.39, 0.29) is 12.8 Å². The number of aliphatic hydroxyl groups excluding tert-OH is 5. The Morgan fingerprint density at radius 3 is 1.39 bits per heavy atom. The molecule has 0 aromatic carbocycles. The van der Waals surface area contributed by atoms with E-state index < -0.39 is 75.7 Å². The monoisotopic (exact) mass is 887 g/mol. The van der Waals surface area contributed by atoms with Crippen molar-refractivity contribution in [3.05, 3.63) is 48.6 Å². The molecule has 0 amide bonds. The molecule has 0 heterocycles. The summed E-state index contributed by atoms with van der Waals surface area (Å²) >= 11 is 0. The smallest absolute Gasteiger partial charge is 0.462 e. The number of aliphatic hydroxyl groups is 5. The Bertz CT molecular complexity index is 1250. The summed E-state index contributed by atoms with van der Waals surface area (Å²) in [5.41, 5.74) is 0. The lowest BCUT2D eigenvalue weighted by Crippen LogP contribution is -2.64. The highest BCUT2D eigenvalue weighted by atomic mass is 31.2. The Morgan fingerprint density at radius 2 is 0.902 bits per heavy atom. The van der Waals surface area contributed by atoms with Crippen LogP contribution in [0.4, 0.5) is 0 Å². The molecule has 0 bridgehead atoms. The molecule has 1 saturated carbocycles. The van der Waals surface area contributed by atoms with Crippen LogP contribution < -0.4 is 0 Å². The summed E-state index contributed by atoms with van der Waals surface area (Å²) < 4.78 is 33.5. The van der Waals surface area contributed by atoms with Crippen LogP contribution in [0.2, 0.25) is 0 Å². The van der Waals surface area contributed by atoms with E-state index >= 15 is 0 Å². The fourth-order valence-electron chi connectivity index (χ4n) is 6.87. The number of ether oxygens (including phenoxy) is 2. The first-order valence-corrected chi connectivity index (χ1v) is 24.9. The first-order valence-electron chi connectivity index (χ1n) is 23.4. The summed E-state index contributed by atoms with van der Waals surface area (Å²) in [4.78, 5) is 35.7. The molecule has 1 aliphatic rings. The molecule has 0 aromatic rings. The van der Waals surface area contributed by atoms with Crippen molar-refractivity contribution in [3.8, 4) is 0 Å². The number of carbonyl (C=O) groups is 2. The molecule has 354 valence electrons. The van der Waals surface area contributed by atoms with Crippen molar-refractivity contribution in [2.24, 2.45) is 0 Å². The summed E-state index contributed by atoms with van der Waals surface area (Å²) in [6.45, 7) is 3.23. The van der Waals surface area contributed by atoms with Gasteiger partial charge >= 0.3 is 19.8 Å². The maximum absolute atomic E-state index is 12.8. The zero-order chi connectivity index (χ0) is 45.0. The van der Waals surface area contributed by atoms with Crippen LogP contribution in [-0.2, 0) is 32.7 Å². The van der Waals surface area contributed by atoms with Crippen LogP contribution in [0.3, 0.4) is 0 Å². The van der Waals surface area contributed by atoms with Crippen LogP contribution in [0.15, 0.2) is 48.6 Å². The van der Waals surface area contributed by atoms with E-state index in [0.29, 0.717) is 19.3 Å². The number of phosphoric acid groups is 1. The summed E-state index contributed by atoms with van der Waals surface area (Å²) in [7, 11) is -5.13. The number of allylic oxidation sites excluding steroid dienone is 8. The fourth-order valence-corrected chi connectivity index (χ4v) is 7.84. The number of rotatable bonds is 38. The summed E-state index contributed by atoms with van der Waals surface area (Å²) in [5.74, 6) is -1.16. The van der Waals surface area contributed by atoms with Crippen molar-refractivity contribution in [1.82, 2.24) is 0 Å². The van der Waals surface area contributed by atoms with E-state index in [1.54, 1.807) is 0 Å². The second kappa shape index (κ2) is 37.2. The van der Waals surface area contributed by atoms with Crippen LogP contribution in [0.5, 0.6) is 0 Å². The minimum Gasteiger partial charge on any atom is -0.462 e. The van der Waals surface area contributed by atoms with Gasteiger partial charge in [0.05, 0.1) is 6.61 Å². The first kappa shape index (κ1) is 56.8. The van der Waals surface area contributed by atoms with Gasteiger partial charge in [0.1, 0.15) is 43.2 Å². The van der Waals surface area contributed by atoms with Crippen molar-refractivity contribution < 1.29 is 63.1 Å². The van der Waals surface area contributed by atoms with Crippen molar-refractivity contribution in [3.63, 3.8) is 0 Å². The third-order valence-corrected chi connectivity index (χ3v) is 11.7. The maximum Gasteiger partial charge on any atom is 0.472 e. The molecule has 13 nitrogen and oxygen atoms in total. The van der Waals surface area contributed by atoms with Gasteiger partial charge in [-0.3, -0.25) is 18.6 Å². The van der Waals surface area contributed by atoms with Crippen LogP contribution in [0.1, 0.15) is 181 Å². The third kappa shape index (κ3) is 29.7. The average molecular weight is 887 g/mol. The number of unbranched alkanes of at least 4 members (excludes halogenated alkanes) is 18. The van der Waals surface area contributed by atoms with Gasteiger partial charge in [-0.15, -0.1) is 0 Å². The normalized spacial score (nSPS) is 22.4. The topological polar surface area (TPSA) is 210 Å². The second-order valence-corrected chi connectivity index (χ2v) is 17.7. The average Bonchev–Trinajstić information content (AvgIpc) is 3.24. The summed E-state index contributed by atoms with van der Waals surface area (Å²) in [6.07, 6.45) is 30.2. The lowest BCUT2D eigenvalue weighted by molar-refractivity contribution is -0.220. The molecular formula is C47H83O13P. The maximum atomic E-state index is 12.8. The molecule has 1 aliphatic carbocycles. The molecule has 14 heteroatoms. The summed E-state index contributed by atoms with van der Waals surface area (Å²) in [5, 5.41) is 50.1. The lowest BCUT2D eigenvalue weighted by atomic mass is 9.85. The molecule has 0 saturated heterocycles. The van der Waals surface area contributed by atoms with E-state index in [0.717, 1.165) is 51.4 Å². The van der Waals surface area contributed by atoms with Gasteiger partial charge in [-0.25, -0.2) is 4.57 Å². The molecular weight excluding hydrogens is 803 g/mol. The SMILES string of the molecule is CCCCC/C=C\C/C=C\C/C=C\C/C=C\CCCC(=O)OC[C@H](COP(=O)(O)OC1[C@H](O)[C@H](O)C(O)[C@H](O)[C@H]1O)OC(=O)CCCCCCCCCCCCCCCCC. The van der Waals surface area contributed by atoms with Crippen LogP contribution in [-0.4, -0.2) is 98.3 Å². The molecule has 0 spiro atoms. The highest BCUT2D eigenvalue weighted by Gasteiger charge is 2.51. The largest absolute Gasteiger partial charge is 0.472 e.